The van der Waals surface area contributed by atoms with E-state index >= 15 is 0 Å². The highest BCUT2D eigenvalue weighted by Crippen LogP contribution is 2.34. The number of rotatable bonds is 3. The van der Waals surface area contributed by atoms with Gasteiger partial charge in [-0.2, -0.15) is 10.1 Å². The lowest BCUT2D eigenvalue weighted by atomic mass is 9.95. The van der Waals surface area contributed by atoms with Gasteiger partial charge in [0.1, 0.15) is 0 Å². The molecule has 5 rings (SSSR count). The van der Waals surface area contributed by atoms with Gasteiger partial charge >= 0.3 is 0 Å². The Kier molecular flexibility index (Phi) is 5.18. The molecule has 0 fully saturated rings. The average Bonchev–Trinajstić information content (AvgIpc) is 3.06. The number of aryl methyl sites for hydroxylation is 2. The van der Waals surface area contributed by atoms with Gasteiger partial charge in [-0.05, 0) is 61.2 Å². The quantitative estimate of drug-likeness (QED) is 0.276. The van der Waals surface area contributed by atoms with Gasteiger partial charge in [-0.15, -0.1) is 0 Å². The molecule has 2 heterocycles. The maximum Gasteiger partial charge on any atom is 0.282 e. The number of imide groups is 1. The van der Waals surface area contributed by atoms with Crippen LogP contribution in [-0.4, -0.2) is 32.8 Å². The molecule has 0 spiro atoms. The zero-order valence-corrected chi connectivity index (χ0v) is 20.7. The molecule has 0 saturated carbocycles. The van der Waals surface area contributed by atoms with Gasteiger partial charge in [-0.1, -0.05) is 44.0 Å². The Morgan fingerprint density at radius 1 is 0.939 bits per heavy atom. The van der Waals surface area contributed by atoms with E-state index in [4.69, 9.17) is 0 Å². The van der Waals surface area contributed by atoms with Crippen LogP contribution in [0, 0.1) is 13.8 Å². The SMILES string of the molecule is Cc1cc(Br)ccc1-n1[nH]c(C)c(C=NN2C(=O)c3cccc4c(Br)ccc(c34)C2=O)c1=O. The van der Waals surface area contributed by atoms with Crippen LogP contribution in [0.1, 0.15) is 37.5 Å². The zero-order chi connectivity index (χ0) is 23.4. The van der Waals surface area contributed by atoms with E-state index in [1.54, 1.807) is 31.2 Å². The second kappa shape index (κ2) is 7.93. The van der Waals surface area contributed by atoms with Crippen molar-refractivity contribution in [2.24, 2.45) is 5.10 Å². The molecule has 0 atom stereocenters. The molecule has 0 saturated heterocycles. The smallest absolute Gasteiger partial charge is 0.282 e. The largest absolute Gasteiger partial charge is 0.295 e. The van der Waals surface area contributed by atoms with Gasteiger partial charge < -0.3 is 0 Å². The highest BCUT2D eigenvalue weighted by molar-refractivity contribution is 9.11. The molecule has 1 aliphatic heterocycles. The summed E-state index contributed by atoms with van der Waals surface area (Å²) in [5.74, 6) is -1.07. The first-order chi connectivity index (χ1) is 15.8. The monoisotopic (exact) mass is 566 g/mol. The summed E-state index contributed by atoms with van der Waals surface area (Å²) in [6.07, 6.45) is 1.26. The fourth-order valence-corrected chi connectivity index (χ4v) is 4.96. The first-order valence-electron chi connectivity index (χ1n) is 10.00. The van der Waals surface area contributed by atoms with Gasteiger partial charge in [0.2, 0.25) is 0 Å². The van der Waals surface area contributed by atoms with Crippen LogP contribution in [0.25, 0.3) is 16.5 Å². The Bertz CT molecular complexity index is 1560. The van der Waals surface area contributed by atoms with Gasteiger partial charge in [0, 0.05) is 20.0 Å². The molecule has 4 aromatic rings. The molecule has 7 nitrogen and oxygen atoms in total. The Balaban J connectivity index is 1.56. The van der Waals surface area contributed by atoms with Gasteiger partial charge in [-0.25, -0.2) is 4.68 Å². The third-order valence-corrected chi connectivity index (χ3v) is 6.84. The Labute approximate surface area is 204 Å². The van der Waals surface area contributed by atoms with E-state index in [0.717, 1.165) is 24.9 Å². The molecule has 2 amide bonds. The summed E-state index contributed by atoms with van der Waals surface area (Å²) in [6.45, 7) is 3.64. The van der Waals surface area contributed by atoms with Crippen molar-refractivity contribution in [1.29, 1.82) is 0 Å². The minimum atomic E-state index is -0.537. The number of carbonyl (C=O) groups excluding carboxylic acids is 2. The van der Waals surface area contributed by atoms with Crippen LogP contribution in [0.15, 0.2) is 67.4 Å². The fraction of sp³-hybridized carbons (Fsp3) is 0.0833. The molecule has 1 aromatic heterocycles. The summed E-state index contributed by atoms with van der Waals surface area (Å²) >= 11 is 6.89. The fourth-order valence-electron chi connectivity index (χ4n) is 4.02. The molecule has 3 aromatic carbocycles. The lowest BCUT2D eigenvalue weighted by Gasteiger charge is -2.23. The maximum absolute atomic E-state index is 13.1. The molecular formula is C24H16Br2N4O3. The van der Waals surface area contributed by atoms with Crippen molar-refractivity contribution >= 4 is 60.7 Å². The van der Waals surface area contributed by atoms with E-state index in [9.17, 15) is 14.4 Å². The number of benzene rings is 3. The minimum absolute atomic E-state index is 0.262. The van der Waals surface area contributed by atoms with Gasteiger partial charge in [-0.3, -0.25) is 19.5 Å². The minimum Gasteiger partial charge on any atom is -0.295 e. The van der Waals surface area contributed by atoms with Crippen LogP contribution in [0.2, 0.25) is 0 Å². The van der Waals surface area contributed by atoms with E-state index < -0.39 is 11.8 Å². The van der Waals surface area contributed by atoms with Crippen molar-refractivity contribution < 1.29 is 9.59 Å². The van der Waals surface area contributed by atoms with Gasteiger partial charge in [0.05, 0.1) is 28.6 Å². The van der Waals surface area contributed by atoms with E-state index in [-0.39, 0.29) is 11.1 Å². The predicted molar refractivity (Wildman–Crippen MR) is 133 cm³/mol. The summed E-state index contributed by atoms with van der Waals surface area (Å²) < 4.78 is 3.13. The molecular weight excluding hydrogens is 552 g/mol. The molecule has 1 aliphatic rings. The predicted octanol–water partition coefficient (Wildman–Crippen LogP) is 5.09. The summed E-state index contributed by atoms with van der Waals surface area (Å²) in [5.41, 5.74) is 2.86. The molecule has 33 heavy (non-hydrogen) atoms. The second-order valence-corrected chi connectivity index (χ2v) is 9.48. The number of aromatic amines is 1. The Hall–Kier alpha value is -3.30. The highest BCUT2D eigenvalue weighted by Gasteiger charge is 2.33. The van der Waals surface area contributed by atoms with E-state index in [1.807, 2.05) is 31.2 Å². The Morgan fingerprint density at radius 2 is 1.67 bits per heavy atom. The van der Waals surface area contributed by atoms with Crippen LogP contribution in [0.3, 0.4) is 0 Å². The lowest BCUT2D eigenvalue weighted by Crippen LogP contribution is -2.36. The van der Waals surface area contributed by atoms with Crippen molar-refractivity contribution in [3.8, 4) is 5.69 Å². The maximum atomic E-state index is 13.1. The first kappa shape index (κ1) is 21.5. The number of halogens is 2. The van der Waals surface area contributed by atoms with Crippen LogP contribution in [0.4, 0.5) is 0 Å². The highest BCUT2D eigenvalue weighted by atomic mass is 79.9. The third kappa shape index (κ3) is 3.39. The van der Waals surface area contributed by atoms with E-state index in [1.165, 1.54) is 10.9 Å². The summed E-state index contributed by atoms with van der Waals surface area (Å²) in [6, 6.07) is 14.3. The van der Waals surface area contributed by atoms with Gasteiger partial charge in [0.25, 0.3) is 17.4 Å². The molecule has 0 radical (unpaired) electrons. The van der Waals surface area contributed by atoms with Crippen molar-refractivity contribution in [1.82, 2.24) is 14.8 Å². The van der Waals surface area contributed by atoms with Crippen molar-refractivity contribution in [3.05, 3.63) is 95.8 Å². The number of carbonyl (C=O) groups is 2. The molecule has 9 heteroatoms. The normalized spacial score (nSPS) is 13.5. The number of H-pyrrole nitrogens is 1. The molecule has 0 aliphatic carbocycles. The Morgan fingerprint density at radius 3 is 2.39 bits per heavy atom. The number of nitrogens with zero attached hydrogens (tertiary/aromatic N) is 3. The molecule has 1 N–H and O–H groups in total. The molecule has 0 unspecified atom stereocenters. The van der Waals surface area contributed by atoms with Crippen LogP contribution in [0.5, 0.6) is 0 Å². The average molecular weight is 568 g/mol. The standard InChI is InChI=1S/C24H16Br2N4O3/c1-12-10-14(25)6-9-20(12)29-24(33)18(13(2)28-29)11-27-30-22(31)16-5-3-4-15-19(26)8-7-17(21(15)16)23(30)32/h3-11,28H,1-2H3. The zero-order valence-electron chi connectivity index (χ0n) is 17.5. The summed E-state index contributed by atoms with van der Waals surface area (Å²) in [5, 5.41) is 9.38. The van der Waals surface area contributed by atoms with Crippen LogP contribution < -0.4 is 5.56 Å². The molecule has 164 valence electrons. The van der Waals surface area contributed by atoms with Crippen molar-refractivity contribution in [2.75, 3.05) is 0 Å². The van der Waals surface area contributed by atoms with Crippen molar-refractivity contribution in [2.45, 2.75) is 13.8 Å². The van der Waals surface area contributed by atoms with Crippen LogP contribution >= 0.6 is 31.9 Å². The lowest BCUT2D eigenvalue weighted by molar-refractivity contribution is 0.0616. The number of hydrazone groups is 1. The van der Waals surface area contributed by atoms with E-state index in [0.29, 0.717) is 27.9 Å². The second-order valence-electron chi connectivity index (χ2n) is 7.71. The topological polar surface area (TPSA) is 87.5 Å². The van der Waals surface area contributed by atoms with Crippen molar-refractivity contribution in [3.63, 3.8) is 0 Å². The number of hydrogen-bond donors (Lipinski definition) is 1. The van der Waals surface area contributed by atoms with E-state index in [2.05, 4.69) is 42.1 Å². The number of hydrogen-bond acceptors (Lipinski definition) is 4. The molecule has 0 bridgehead atoms. The van der Waals surface area contributed by atoms with Crippen LogP contribution in [-0.2, 0) is 0 Å². The summed E-state index contributed by atoms with van der Waals surface area (Å²) in [4.78, 5) is 39.3. The van der Waals surface area contributed by atoms with Gasteiger partial charge in [0.15, 0.2) is 0 Å². The number of nitrogens with one attached hydrogen (secondary N) is 1. The number of amides is 2. The first-order valence-corrected chi connectivity index (χ1v) is 11.6. The number of aromatic nitrogens is 2. The summed E-state index contributed by atoms with van der Waals surface area (Å²) in [7, 11) is 0. The third-order valence-electron chi connectivity index (χ3n) is 5.65.